The predicted octanol–water partition coefficient (Wildman–Crippen LogP) is 1.99. The Morgan fingerprint density at radius 3 is 2.61 bits per heavy atom. The van der Waals surface area contributed by atoms with Gasteiger partial charge in [-0.3, -0.25) is 0 Å². The summed E-state index contributed by atoms with van der Waals surface area (Å²) in [4.78, 5) is 2.33. The SMILES string of the molecule is CCN(C)CCNS(=O)(=O)c1ccc(C)cc1Br. The summed E-state index contributed by atoms with van der Waals surface area (Å²) in [5.74, 6) is 0. The van der Waals surface area contributed by atoms with Gasteiger partial charge >= 0.3 is 0 Å². The lowest BCUT2D eigenvalue weighted by atomic mass is 10.2. The van der Waals surface area contributed by atoms with Gasteiger partial charge in [-0.1, -0.05) is 13.0 Å². The molecule has 0 atom stereocenters. The second-order valence-electron chi connectivity index (χ2n) is 4.23. The quantitative estimate of drug-likeness (QED) is 0.865. The van der Waals surface area contributed by atoms with Crippen molar-refractivity contribution in [2.45, 2.75) is 18.7 Å². The Kier molecular flexibility index (Phi) is 5.78. The average Bonchev–Trinajstić information content (AvgIpc) is 2.27. The Balaban J connectivity index is 2.74. The molecule has 0 aliphatic heterocycles. The van der Waals surface area contributed by atoms with Crippen LogP contribution in [0.4, 0.5) is 0 Å². The molecule has 18 heavy (non-hydrogen) atoms. The molecular weight excluding hydrogens is 316 g/mol. The van der Waals surface area contributed by atoms with Crippen molar-refractivity contribution in [2.24, 2.45) is 0 Å². The Bertz CT molecular complexity index is 503. The van der Waals surface area contributed by atoms with Crippen LogP contribution in [0.15, 0.2) is 27.6 Å². The van der Waals surface area contributed by atoms with Crippen molar-refractivity contribution in [3.05, 3.63) is 28.2 Å². The zero-order chi connectivity index (χ0) is 13.8. The van der Waals surface area contributed by atoms with Crippen LogP contribution in [0.25, 0.3) is 0 Å². The van der Waals surface area contributed by atoms with E-state index in [2.05, 4.69) is 20.7 Å². The molecule has 0 spiro atoms. The van der Waals surface area contributed by atoms with Crippen molar-refractivity contribution in [3.8, 4) is 0 Å². The van der Waals surface area contributed by atoms with E-state index in [0.29, 0.717) is 17.6 Å². The summed E-state index contributed by atoms with van der Waals surface area (Å²) < 4.78 is 27.3. The Morgan fingerprint density at radius 1 is 1.39 bits per heavy atom. The lowest BCUT2D eigenvalue weighted by Gasteiger charge is -2.14. The molecule has 0 heterocycles. The molecule has 1 N–H and O–H groups in total. The number of rotatable bonds is 6. The molecule has 0 bridgehead atoms. The number of benzene rings is 1. The van der Waals surface area contributed by atoms with Crippen LogP contribution in [0.5, 0.6) is 0 Å². The molecule has 0 amide bonds. The van der Waals surface area contributed by atoms with E-state index in [9.17, 15) is 8.42 Å². The minimum Gasteiger partial charge on any atom is -0.305 e. The molecule has 1 aromatic carbocycles. The second-order valence-corrected chi connectivity index (χ2v) is 6.82. The fraction of sp³-hybridized carbons (Fsp3) is 0.500. The Morgan fingerprint density at radius 2 is 2.06 bits per heavy atom. The van der Waals surface area contributed by atoms with Crippen LogP contribution in [0, 0.1) is 6.92 Å². The van der Waals surface area contributed by atoms with Gasteiger partial charge in [-0.25, -0.2) is 13.1 Å². The number of halogens is 1. The van der Waals surface area contributed by atoms with Crippen LogP contribution >= 0.6 is 15.9 Å². The van der Waals surface area contributed by atoms with E-state index in [-0.39, 0.29) is 4.90 Å². The van der Waals surface area contributed by atoms with Gasteiger partial charge in [0, 0.05) is 17.6 Å². The van der Waals surface area contributed by atoms with E-state index in [1.807, 2.05) is 25.8 Å². The van der Waals surface area contributed by atoms with Gasteiger partial charge in [-0.2, -0.15) is 0 Å². The van der Waals surface area contributed by atoms with Crippen LogP contribution < -0.4 is 4.72 Å². The van der Waals surface area contributed by atoms with Gasteiger partial charge < -0.3 is 4.90 Å². The van der Waals surface area contributed by atoms with Gasteiger partial charge in [0.25, 0.3) is 0 Å². The van der Waals surface area contributed by atoms with Crippen molar-refractivity contribution >= 4 is 26.0 Å². The monoisotopic (exact) mass is 334 g/mol. The highest BCUT2D eigenvalue weighted by Crippen LogP contribution is 2.22. The fourth-order valence-corrected chi connectivity index (χ4v) is 3.64. The predicted molar refractivity (Wildman–Crippen MR) is 77.2 cm³/mol. The highest BCUT2D eigenvalue weighted by molar-refractivity contribution is 9.10. The number of hydrogen-bond acceptors (Lipinski definition) is 3. The molecule has 0 saturated heterocycles. The Labute approximate surface area is 118 Å². The molecule has 0 aliphatic rings. The molecule has 1 rings (SSSR count). The van der Waals surface area contributed by atoms with Crippen molar-refractivity contribution in [1.82, 2.24) is 9.62 Å². The van der Waals surface area contributed by atoms with E-state index in [4.69, 9.17) is 0 Å². The van der Waals surface area contributed by atoms with E-state index in [0.717, 1.165) is 12.1 Å². The summed E-state index contributed by atoms with van der Waals surface area (Å²) in [6, 6.07) is 5.20. The van der Waals surface area contributed by atoms with E-state index in [1.54, 1.807) is 18.2 Å². The summed E-state index contributed by atoms with van der Waals surface area (Å²) in [5.41, 5.74) is 1.02. The van der Waals surface area contributed by atoms with Crippen LogP contribution in [-0.2, 0) is 10.0 Å². The van der Waals surface area contributed by atoms with E-state index < -0.39 is 10.0 Å². The smallest absolute Gasteiger partial charge is 0.241 e. The van der Waals surface area contributed by atoms with Gasteiger partial charge in [0.05, 0.1) is 4.90 Å². The molecule has 0 aliphatic carbocycles. The molecule has 0 aromatic heterocycles. The number of aryl methyl sites for hydroxylation is 1. The lowest BCUT2D eigenvalue weighted by molar-refractivity contribution is 0.358. The maximum absolute atomic E-state index is 12.1. The minimum absolute atomic E-state index is 0.284. The minimum atomic E-state index is -3.44. The van der Waals surface area contributed by atoms with E-state index in [1.165, 1.54) is 0 Å². The molecule has 0 fully saturated rings. The first kappa shape index (κ1) is 15.6. The topological polar surface area (TPSA) is 49.4 Å². The van der Waals surface area contributed by atoms with E-state index >= 15 is 0 Å². The van der Waals surface area contributed by atoms with Crippen LogP contribution in [0.1, 0.15) is 12.5 Å². The number of nitrogens with zero attached hydrogens (tertiary/aromatic N) is 1. The van der Waals surface area contributed by atoms with Crippen molar-refractivity contribution in [2.75, 3.05) is 26.7 Å². The third kappa shape index (κ3) is 4.35. The zero-order valence-electron chi connectivity index (χ0n) is 10.9. The molecule has 6 heteroatoms. The first-order valence-corrected chi connectivity index (χ1v) is 8.09. The maximum atomic E-state index is 12.1. The third-order valence-corrected chi connectivity index (χ3v) is 5.14. The average molecular weight is 335 g/mol. The zero-order valence-corrected chi connectivity index (χ0v) is 13.3. The van der Waals surface area contributed by atoms with Crippen LogP contribution in [0.3, 0.4) is 0 Å². The standard InChI is InChI=1S/C12H19BrN2O2S/c1-4-15(3)8-7-14-18(16,17)12-6-5-10(2)9-11(12)13/h5-6,9,14H,4,7-8H2,1-3H3. The molecular formula is C12H19BrN2O2S. The number of likely N-dealkylation sites (N-methyl/N-ethyl adjacent to an activating group) is 1. The second kappa shape index (κ2) is 6.65. The van der Waals surface area contributed by atoms with Crippen LogP contribution in [-0.4, -0.2) is 40.0 Å². The van der Waals surface area contributed by atoms with Crippen molar-refractivity contribution < 1.29 is 8.42 Å². The summed E-state index contributed by atoms with van der Waals surface area (Å²) >= 11 is 3.29. The lowest BCUT2D eigenvalue weighted by Crippen LogP contribution is -2.33. The molecule has 4 nitrogen and oxygen atoms in total. The third-order valence-electron chi connectivity index (χ3n) is 2.70. The van der Waals surface area contributed by atoms with Gasteiger partial charge in [0.2, 0.25) is 10.0 Å². The largest absolute Gasteiger partial charge is 0.305 e. The van der Waals surface area contributed by atoms with Gasteiger partial charge in [-0.05, 0) is 54.1 Å². The van der Waals surface area contributed by atoms with Crippen molar-refractivity contribution in [1.29, 1.82) is 0 Å². The summed E-state index contributed by atoms with van der Waals surface area (Å²) in [5, 5.41) is 0. The fourth-order valence-electron chi connectivity index (χ4n) is 1.43. The number of sulfonamides is 1. The summed E-state index contributed by atoms with van der Waals surface area (Å²) in [7, 11) is -1.48. The van der Waals surface area contributed by atoms with Gasteiger partial charge in [0.15, 0.2) is 0 Å². The number of hydrogen-bond donors (Lipinski definition) is 1. The molecule has 102 valence electrons. The van der Waals surface area contributed by atoms with Gasteiger partial charge in [-0.15, -0.1) is 0 Å². The molecule has 1 aromatic rings. The first-order valence-electron chi connectivity index (χ1n) is 5.81. The van der Waals surface area contributed by atoms with Crippen molar-refractivity contribution in [3.63, 3.8) is 0 Å². The van der Waals surface area contributed by atoms with Gasteiger partial charge in [0.1, 0.15) is 0 Å². The Hall–Kier alpha value is -0.430. The molecule has 0 saturated carbocycles. The normalized spacial score (nSPS) is 12.1. The summed E-state index contributed by atoms with van der Waals surface area (Å²) in [6.07, 6.45) is 0. The first-order chi connectivity index (χ1) is 8.36. The molecule has 0 unspecified atom stereocenters. The summed E-state index contributed by atoms with van der Waals surface area (Å²) in [6.45, 7) is 5.96. The maximum Gasteiger partial charge on any atom is 0.241 e. The van der Waals surface area contributed by atoms with Crippen LogP contribution in [0.2, 0.25) is 0 Å². The highest BCUT2D eigenvalue weighted by Gasteiger charge is 2.16. The number of nitrogens with one attached hydrogen (secondary N) is 1. The highest BCUT2D eigenvalue weighted by atomic mass is 79.9. The molecule has 0 radical (unpaired) electrons.